The normalized spacial score (nSPS) is 11.0. The van der Waals surface area contributed by atoms with Gasteiger partial charge in [0.1, 0.15) is 0 Å². The van der Waals surface area contributed by atoms with Crippen molar-refractivity contribution >= 4 is 44.7 Å². The second-order valence-corrected chi connectivity index (χ2v) is 8.35. The van der Waals surface area contributed by atoms with Gasteiger partial charge in [0.15, 0.2) is 5.78 Å². The van der Waals surface area contributed by atoms with E-state index in [9.17, 15) is 18.0 Å². The Labute approximate surface area is 173 Å². The molecule has 3 rings (SSSR count). The van der Waals surface area contributed by atoms with Crippen LogP contribution in [0.4, 0.5) is 11.4 Å². The van der Waals surface area contributed by atoms with Gasteiger partial charge in [-0.25, -0.2) is 8.42 Å². The van der Waals surface area contributed by atoms with Crippen LogP contribution in [0, 0.1) is 0 Å². The predicted octanol–water partition coefficient (Wildman–Crippen LogP) is 4.60. The zero-order chi connectivity index (χ0) is 21.0. The Morgan fingerprint density at radius 1 is 0.828 bits per heavy atom. The monoisotopic (exact) mass is 428 g/mol. The molecule has 0 aromatic heterocycles. The molecule has 148 valence electrons. The fourth-order valence-electron chi connectivity index (χ4n) is 2.57. The first-order chi connectivity index (χ1) is 13.7. The van der Waals surface area contributed by atoms with E-state index in [0.29, 0.717) is 16.3 Å². The van der Waals surface area contributed by atoms with E-state index >= 15 is 0 Å². The Bertz CT molecular complexity index is 1180. The third-order valence-electron chi connectivity index (χ3n) is 4.03. The van der Waals surface area contributed by atoms with Crippen molar-refractivity contribution in [3.05, 3.63) is 88.9 Å². The highest BCUT2D eigenvalue weighted by molar-refractivity contribution is 7.92. The van der Waals surface area contributed by atoms with Gasteiger partial charge in [-0.15, -0.1) is 0 Å². The van der Waals surface area contributed by atoms with Crippen molar-refractivity contribution in [1.82, 2.24) is 0 Å². The van der Waals surface area contributed by atoms with Crippen LogP contribution in [-0.2, 0) is 10.0 Å². The first-order valence-corrected chi connectivity index (χ1v) is 10.4. The molecule has 1 amide bonds. The lowest BCUT2D eigenvalue weighted by Crippen LogP contribution is -2.15. The molecule has 3 aromatic carbocycles. The number of nitrogens with one attached hydrogen (secondary N) is 2. The summed E-state index contributed by atoms with van der Waals surface area (Å²) in [4.78, 5) is 24.1. The van der Waals surface area contributed by atoms with Crippen molar-refractivity contribution < 1.29 is 18.0 Å². The average molecular weight is 429 g/mol. The molecule has 0 bridgehead atoms. The lowest BCUT2D eigenvalue weighted by molar-refractivity contribution is 0.101. The number of carbonyl (C=O) groups is 2. The predicted molar refractivity (Wildman–Crippen MR) is 113 cm³/mol. The van der Waals surface area contributed by atoms with Crippen molar-refractivity contribution in [3.63, 3.8) is 0 Å². The first-order valence-electron chi connectivity index (χ1n) is 8.55. The molecule has 0 heterocycles. The fourth-order valence-corrected chi connectivity index (χ4v) is 3.75. The van der Waals surface area contributed by atoms with Crippen LogP contribution in [0.2, 0.25) is 5.02 Å². The van der Waals surface area contributed by atoms with Gasteiger partial charge in [0.25, 0.3) is 15.9 Å². The van der Waals surface area contributed by atoms with Crippen LogP contribution in [0.25, 0.3) is 0 Å². The summed E-state index contributed by atoms with van der Waals surface area (Å²) < 4.78 is 27.4. The van der Waals surface area contributed by atoms with Gasteiger partial charge in [0, 0.05) is 27.5 Å². The molecule has 0 aliphatic heterocycles. The second-order valence-electron chi connectivity index (χ2n) is 6.23. The van der Waals surface area contributed by atoms with E-state index in [2.05, 4.69) is 10.0 Å². The van der Waals surface area contributed by atoms with E-state index in [1.807, 2.05) is 0 Å². The Hall–Kier alpha value is -3.16. The molecule has 3 aromatic rings. The zero-order valence-corrected chi connectivity index (χ0v) is 16.9. The number of halogens is 1. The summed E-state index contributed by atoms with van der Waals surface area (Å²) in [6.07, 6.45) is 0. The molecule has 29 heavy (non-hydrogen) atoms. The molecule has 8 heteroatoms. The number of anilines is 2. The van der Waals surface area contributed by atoms with Crippen LogP contribution < -0.4 is 10.0 Å². The number of benzene rings is 3. The molecule has 0 saturated heterocycles. The molecule has 0 aliphatic rings. The maximum Gasteiger partial charge on any atom is 0.261 e. The highest BCUT2D eigenvalue weighted by Crippen LogP contribution is 2.20. The standard InChI is InChI=1S/C21H17ClN2O4S/c1-14(25)15-4-2-6-18(12-15)23-21(26)16-5-3-7-19(13-16)24-29(27,28)20-10-8-17(22)9-11-20/h2-13,24H,1H3,(H,23,26). The van der Waals surface area contributed by atoms with Gasteiger partial charge in [-0.2, -0.15) is 0 Å². The Morgan fingerprint density at radius 2 is 1.41 bits per heavy atom. The molecule has 0 unspecified atom stereocenters. The summed E-state index contributed by atoms with van der Waals surface area (Å²) in [6, 6.07) is 18.4. The molecule has 0 fully saturated rings. The van der Waals surface area contributed by atoms with Crippen LogP contribution in [0.15, 0.2) is 77.7 Å². The van der Waals surface area contributed by atoms with E-state index < -0.39 is 15.9 Å². The molecule has 0 radical (unpaired) electrons. The van der Waals surface area contributed by atoms with Gasteiger partial charge >= 0.3 is 0 Å². The minimum Gasteiger partial charge on any atom is -0.322 e. The van der Waals surface area contributed by atoms with Crippen molar-refractivity contribution in [1.29, 1.82) is 0 Å². The molecular formula is C21H17ClN2O4S. The number of hydrogen-bond donors (Lipinski definition) is 2. The number of ketones is 1. The number of Topliss-reactive ketones (excluding diaryl/α,β-unsaturated/α-hetero) is 1. The van der Waals surface area contributed by atoms with Gasteiger partial charge in [0.05, 0.1) is 4.90 Å². The largest absolute Gasteiger partial charge is 0.322 e. The maximum atomic E-state index is 12.5. The highest BCUT2D eigenvalue weighted by Gasteiger charge is 2.15. The van der Waals surface area contributed by atoms with Gasteiger partial charge < -0.3 is 5.32 Å². The minimum absolute atomic E-state index is 0.0535. The topological polar surface area (TPSA) is 92.3 Å². The van der Waals surface area contributed by atoms with Crippen LogP contribution in [-0.4, -0.2) is 20.1 Å². The maximum absolute atomic E-state index is 12.5. The number of hydrogen-bond acceptors (Lipinski definition) is 4. The number of carbonyl (C=O) groups excluding carboxylic acids is 2. The summed E-state index contributed by atoms with van der Waals surface area (Å²) in [5.41, 5.74) is 1.45. The molecule has 0 saturated carbocycles. The van der Waals surface area contributed by atoms with Crippen molar-refractivity contribution in [2.75, 3.05) is 10.0 Å². The van der Waals surface area contributed by atoms with E-state index in [0.717, 1.165) is 0 Å². The van der Waals surface area contributed by atoms with Crippen molar-refractivity contribution in [2.24, 2.45) is 0 Å². The van der Waals surface area contributed by atoms with E-state index in [-0.39, 0.29) is 21.9 Å². The third kappa shape index (κ3) is 5.22. The van der Waals surface area contributed by atoms with Crippen molar-refractivity contribution in [3.8, 4) is 0 Å². The number of rotatable bonds is 6. The van der Waals surface area contributed by atoms with Crippen molar-refractivity contribution in [2.45, 2.75) is 11.8 Å². The minimum atomic E-state index is -3.82. The van der Waals surface area contributed by atoms with Crippen LogP contribution in [0.5, 0.6) is 0 Å². The molecule has 2 N–H and O–H groups in total. The van der Waals surface area contributed by atoms with Crippen LogP contribution in [0.3, 0.4) is 0 Å². The summed E-state index contributed by atoms with van der Waals surface area (Å²) in [5.74, 6) is -0.544. The molecule has 0 aliphatic carbocycles. The van der Waals surface area contributed by atoms with Crippen LogP contribution >= 0.6 is 11.6 Å². The highest BCUT2D eigenvalue weighted by atomic mass is 35.5. The molecule has 0 atom stereocenters. The van der Waals surface area contributed by atoms with E-state index in [4.69, 9.17) is 11.6 Å². The quantitative estimate of drug-likeness (QED) is 0.561. The van der Waals surface area contributed by atoms with Crippen LogP contribution in [0.1, 0.15) is 27.6 Å². The summed E-state index contributed by atoms with van der Waals surface area (Å²) in [7, 11) is -3.82. The van der Waals surface area contributed by atoms with Gasteiger partial charge in [-0.3, -0.25) is 14.3 Å². The SMILES string of the molecule is CC(=O)c1cccc(NC(=O)c2cccc(NS(=O)(=O)c3ccc(Cl)cc3)c2)c1. The Balaban J connectivity index is 1.78. The smallest absolute Gasteiger partial charge is 0.261 e. The molecule has 6 nitrogen and oxygen atoms in total. The third-order valence-corrected chi connectivity index (χ3v) is 5.68. The number of amides is 1. The molecule has 0 spiro atoms. The molecular weight excluding hydrogens is 412 g/mol. The Morgan fingerprint density at radius 3 is 2.07 bits per heavy atom. The Kier molecular flexibility index (Phi) is 6.00. The lowest BCUT2D eigenvalue weighted by atomic mass is 10.1. The van der Waals surface area contributed by atoms with Gasteiger partial charge in [-0.1, -0.05) is 29.8 Å². The summed E-state index contributed by atoms with van der Waals surface area (Å²) in [5, 5.41) is 3.13. The summed E-state index contributed by atoms with van der Waals surface area (Å²) in [6.45, 7) is 1.44. The lowest BCUT2D eigenvalue weighted by Gasteiger charge is -2.10. The van der Waals surface area contributed by atoms with Gasteiger partial charge in [0.2, 0.25) is 0 Å². The zero-order valence-electron chi connectivity index (χ0n) is 15.3. The first kappa shape index (κ1) is 20.6. The number of sulfonamides is 1. The fraction of sp³-hybridized carbons (Fsp3) is 0.0476. The van der Waals surface area contributed by atoms with E-state index in [1.54, 1.807) is 42.5 Å². The van der Waals surface area contributed by atoms with Gasteiger partial charge in [-0.05, 0) is 61.5 Å². The second kappa shape index (κ2) is 8.46. The summed E-state index contributed by atoms with van der Waals surface area (Å²) >= 11 is 5.79. The van der Waals surface area contributed by atoms with E-state index in [1.165, 1.54) is 37.3 Å². The average Bonchev–Trinajstić information content (AvgIpc) is 2.68.